The molecule has 0 saturated heterocycles. The maximum Gasteiger partial charge on any atom is 0.490 e. The topological polar surface area (TPSA) is 166 Å². The number of carboxylic acids is 1. The lowest BCUT2D eigenvalue weighted by Crippen LogP contribution is -2.37. The Hall–Kier alpha value is -3.86. The fourth-order valence-electron chi connectivity index (χ4n) is 3.54. The van der Waals surface area contributed by atoms with Crippen LogP contribution in [0.2, 0.25) is 4.34 Å². The van der Waals surface area contributed by atoms with Gasteiger partial charge in [-0.2, -0.15) is 18.3 Å². The molecule has 226 valence electrons. The summed E-state index contributed by atoms with van der Waals surface area (Å²) in [5, 5.41) is 15.0. The Bertz CT molecular complexity index is 1690. The van der Waals surface area contributed by atoms with Gasteiger partial charge in [-0.3, -0.25) is 14.2 Å². The van der Waals surface area contributed by atoms with Crippen LogP contribution in [0.25, 0.3) is 10.9 Å². The predicted molar refractivity (Wildman–Crippen MR) is 151 cm³/mol. The molecular formula is C25H25ClF3N5O6S2. The Labute approximate surface area is 247 Å². The van der Waals surface area contributed by atoms with Crippen LogP contribution in [-0.2, 0) is 32.7 Å². The zero-order chi connectivity index (χ0) is 31.2. The smallest absolute Gasteiger partial charge is 0.490 e. The van der Waals surface area contributed by atoms with Crippen molar-refractivity contribution in [1.82, 2.24) is 15.1 Å². The Morgan fingerprint density at radius 2 is 1.81 bits per heavy atom. The van der Waals surface area contributed by atoms with Crippen LogP contribution >= 0.6 is 22.9 Å². The number of carboxylic acid groups (broad SMARTS) is 1. The molecule has 0 aliphatic heterocycles. The van der Waals surface area contributed by atoms with Gasteiger partial charge in [-0.15, -0.1) is 11.3 Å². The number of hydrogen-bond acceptors (Lipinski definition) is 8. The lowest BCUT2D eigenvalue weighted by molar-refractivity contribution is -0.192. The second-order valence-electron chi connectivity index (χ2n) is 8.65. The number of fused-ring (bicyclic) bond motifs is 1. The van der Waals surface area contributed by atoms with Crippen LogP contribution in [-0.4, -0.2) is 54.5 Å². The lowest BCUT2D eigenvalue weighted by Gasteiger charge is -2.10. The number of nitrogens with two attached hydrogens (primary N) is 1. The van der Waals surface area contributed by atoms with Gasteiger partial charge in [-0.25, -0.2) is 13.2 Å². The van der Waals surface area contributed by atoms with Crippen molar-refractivity contribution in [3.05, 3.63) is 70.1 Å². The zero-order valence-corrected chi connectivity index (χ0v) is 24.4. The van der Waals surface area contributed by atoms with Crippen LogP contribution < -0.4 is 20.5 Å². The third kappa shape index (κ3) is 8.34. The Balaban J connectivity index is 0.000000616. The number of aliphatic carboxylic acids is 1. The average molecular weight is 648 g/mol. The fourth-order valence-corrected chi connectivity index (χ4v) is 6.03. The molecule has 0 aliphatic carbocycles. The molecule has 4 rings (SSSR count). The minimum Gasteiger partial charge on any atom is -0.496 e. The first-order chi connectivity index (χ1) is 19.6. The average Bonchev–Trinajstić information content (AvgIpc) is 3.51. The molecule has 4 aromatic rings. The molecule has 0 unspecified atom stereocenters. The molecular weight excluding hydrogens is 623 g/mol. The predicted octanol–water partition coefficient (Wildman–Crippen LogP) is 4.21. The number of carbonyl (C=O) groups is 2. The van der Waals surface area contributed by atoms with E-state index in [9.17, 15) is 26.4 Å². The minimum absolute atomic E-state index is 0.0849. The Kier molecular flexibility index (Phi) is 10.4. The molecule has 2 aromatic carbocycles. The number of halogens is 4. The van der Waals surface area contributed by atoms with Crippen LogP contribution in [0, 0.1) is 0 Å². The molecule has 0 radical (unpaired) electrons. The summed E-state index contributed by atoms with van der Waals surface area (Å²) in [4.78, 5) is 20.7. The molecule has 0 aliphatic rings. The number of anilines is 1. The van der Waals surface area contributed by atoms with Crippen LogP contribution in [0.4, 0.5) is 19.0 Å². The highest BCUT2D eigenvalue weighted by Crippen LogP contribution is 2.35. The minimum atomic E-state index is -5.08. The maximum absolute atomic E-state index is 13.0. The highest BCUT2D eigenvalue weighted by Gasteiger charge is 2.38. The van der Waals surface area contributed by atoms with Gasteiger partial charge in [0.25, 0.3) is 10.0 Å². The maximum atomic E-state index is 13.0. The number of benzene rings is 2. The van der Waals surface area contributed by atoms with Gasteiger partial charge in [0, 0.05) is 6.54 Å². The van der Waals surface area contributed by atoms with Gasteiger partial charge in [0.15, 0.2) is 5.82 Å². The lowest BCUT2D eigenvalue weighted by atomic mass is 10.1. The van der Waals surface area contributed by atoms with Gasteiger partial charge in [0.2, 0.25) is 5.91 Å². The van der Waals surface area contributed by atoms with Gasteiger partial charge in [-0.1, -0.05) is 41.9 Å². The number of alkyl halides is 3. The van der Waals surface area contributed by atoms with Crippen molar-refractivity contribution in [2.75, 3.05) is 11.8 Å². The molecule has 17 heteroatoms. The largest absolute Gasteiger partial charge is 0.496 e. The van der Waals surface area contributed by atoms with E-state index in [1.807, 2.05) is 36.4 Å². The number of hydrogen-bond donors (Lipinski definition) is 4. The van der Waals surface area contributed by atoms with E-state index < -0.39 is 28.2 Å². The second kappa shape index (κ2) is 13.4. The van der Waals surface area contributed by atoms with Crippen molar-refractivity contribution in [2.45, 2.75) is 36.4 Å². The summed E-state index contributed by atoms with van der Waals surface area (Å²) >= 11 is 6.89. The monoisotopic (exact) mass is 647 g/mol. The second-order valence-corrected chi connectivity index (χ2v) is 12.3. The molecule has 5 N–H and O–H groups in total. The molecule has 11 nitrogen and oxygen atoms in total. The van der Waals surface area contributed by atoms with E-state index in [0.29, 0.717) is 34.1 Å². The first-order valence-corrected chi connectivity index (χ1v) is 14.5. The van der Waals surface area contributed by atoms with Gasteiger partial charge in [0.1, 0.15) is 9.96 Å². The highest BCUT2D eigenvalue weighted by atomic mass is 35.5. The van der Waals surface area contributed by atoms with Crippen molar-refractivity contribution >= 4 is 61.6 Å². The fraction of sp³-hybridized carbons (Fsp3) is 0.240. The SMILES string of the molecule is COc1cccc2c1c(NS(=O)(=O)c1ccc(Cl)s1)nn2Cc1cccc(CNC(=O)[C@@H](C)N)c1.O=C(O)C(F)(F)F. The Morgan fingerprint density at radius 1 is 1.17 bits per heavy atom. The third-order valence-corrected chi connectivity index (χ3v) is 8.51. The van der Waals surface area contributed by atoms with Crippen LogP contribution in [0.3, 0.4) is 0 Å². The molecule has 1 atom stereocenters. The van der Waals surface area contributed by atoms with Gasteiger partial charge in [-0.05, 0) is 42.3 Å². The summed E-state index contributed by atoms with van der Waals surface area (Å²) in [6.07, 6.45) is -5.08. The molecule has 0 saturated carbocycles. The molecule has 0 bridgehead atoms. The van der Waals surface area contributed by atoms with Crippen LogP contribution in [0.15, 0.2) is 58.8 Å². The summed E-state index contributed by atoms with van der Waals surface area (Å²) in [5.74, 6) is -2.35. The summed E-state index contributed by atoms with van der Waals surface area (Å²) in [6, 6.07) is 15.5. The number of sulfonamides is 1. The molecule has 0 spiro atoms. The normalized spacial score (nSPS) is 12.3. The van der Waals surface area contributed by atoms with Crippen molar-refractivity contribution in [2.24, 2.45) is 5.73 Å². The van der Waals surface area contributed by atoms with Crippen molar-refractivity contribution in [3.8, 4) is 5.75 Å². The standard InChI is InChI=1S/C23H24ClN5O4S2.C2HF3O2/c1-14(25)23(30)26-12-15-5-3-6-16(11-15)13-29-17-7-4-8-18(33-2)21(17)22(27-29)28-35(31,32)20-10-9-19(24)34-20;3-2(4,5)1(6)7/h3-11,14H,12-13,25H2,1-2H3,(H,26,30)(H,27,28);(H,6,7)/t14-;/m1./s1. The number of methoxy groups -OCH3 is 1. The number of carbonyl (C=O) groups excluding carboxylic acids is 1. The summed E-state index contributed by atoms with van der Waals surface area (Å²) in [6.45, 7) is 2.34. The van der Waals surface area contributed by atoms with E-state index >= 15 is 0 Å². The van der Waals surface area contributed by atoms with Crippen LogP contribution in [0.1, 0.15) is 18.1 Å². The number of nitrogens with zero attached hydrogens (tertiary/aromatic N) is 2. The van der Waals surface area contributed by atoms with E-state index in [4.69, 9.17) is 32.0 Å². The van der Waals surface area contributed by atoms with E-state index in [-0.39, 0.29) is 15.9 Å². The highest BCUT2D eigenvalue weighted by molar-refractivity contribution is 7.94. The molecule has 0 fully saturated rings. The van der Waals surface area contributed by atoms with Crippen molar-refractivity contribution in [3.63, 3.8) is 0 Å². The summed E-state index contributed by atoms with van der Waals surface area (Å²) in [7, 11) is -2.38. The van der Waals surface area contributed by atoms with Gasteiger partial charge >= 0.3 is 12.1 Å². The van der Waals surface area contributed by atoms with Gasteiger partial charge < -0.3 is 20.9 Å². The number of amides is 1. The molecule has 2 aromatic heterocycles. The third-order valence-electron chi connectivity index (χ3n) is 5.45. The van der Waals surface area contributed by atoms with E-state index in [1.165, 1.54) is 19.2 Å². The van der Waals surface area contributed by atoms with Gasteiger partial charge in [0.05, 0.1) is 34.9 Å². The number of aromatic nitrogens is 2. The summed E-state index contributed by atoms with van der Waals surface area (Å²) < 4.78 is 67.9. The first-order valence-electron chi connectivity index (χ1n) is 11.8. The van der Waals surface area contributed by atoms with E-state index in [0.717, 1.165) is 22.5 Å². The van der Waals surface area contributed by atoms with Crippen molar-refractivity contribution in [1.29, 1.82) is 0 Å². The number of thiophene rings is 1. The Morgan fingerprint density at radius 3 is 2.38 bits per heavy atom. The quantitative estimate of drug-likeness (QED) is 0.210. The first kappa shape index (κ1) is 32.7. The van der Waals surface area contributed by atoms with E-state index in [1.54, 1.807) is 17.7 Å². The zero-order valence-electron chi connectivity index (χ0n) is 22.0. The van der Waals surface area contributed by atoms with Crippen molar-refractivity contribution < 1.29 is 41.0 Å². The molecule has 42 heavy (non-hydrogen) atoms. The number of rotatable bonds is 9. The van der Waals surface area contributed by atoms with Crippen LogP contribution in [0.5, 0.6) is 5.75 Å². The summed E-state index contributed by atoms with van der Waals surface area (Å²) in [5.41, 5.74) is 8.13. The molecule has 2 heterocycles. The van der Waals surface area contributed by atoms with E-state index in [2.05, 4.69) is 15.1 Å². The molecule has 1 amide bonds. The number of nitrogens with one attached hydrogen (secondary N) is 2. The number of ether oxygens (including phenoxy) is 1.